The summed E-state index contributed by atoms with van der Waals surface area (Å²) < 4.78 is 61.6. The number of hydrogen-bond acceptors (Lipinski definition) is 8. The van der Waals surface area contributed by atoms with Gasteiger partial charge in [0.1, 0.15) is 5.82 Å². The van der Waals surface area contributed by atoms with Crippen LogP contribution in [-0.4, -0.2) is 66.9 Å². The summed E-state index contributed by atoms with van der Waals surface area (Å²) in [4.78, 5) is 15.9. The monoisotopic (exact) mass is 414 g/mol. The topological polar surface area (TPSA) is 89.6 Å². The number of pyridine rings is 1. The second-order valence-corrected chi connectivity index (χ2v) is 6.71. The van der Waals surface area contributed by atoms with E-state index >= 15 is 0 Å². The van der Waals surface area contributed by atoms with E-state index in [2.05, 4.69) is 19.7 Å². The van der Waals surface area contributed by atoms with E-state index in [1.165, 1.54) is 17.2 Å². The Morgan fingerprint density at radius 3 is 2.48 bits per heavy atom. The van der Waals surface area contributed by atoms with Gasteiger partial charge in [-0.15, -0.1) is 0 Å². The molecular weight excluding hydrogens is 396 g/mol. The Hall–Kier alpha value is -2.89. The number of aromatic nitrogens is 3. The van der Waals surface area contributed by atoms with Crippen LogP contribution in [0, 0.1) is 0 Å². The van der Waals surface area contributed by atoms with E-state index < -0.39 is 25.6 Å². The summed E-state index contributed by atoms with van der Waals surface area (Å²) in [6.45, 7) is -1.88. The van der Waals surface area contributed by atoms with Crippen LogP contribution < -0.4 is 20.3 Å². The molecule has 0 aliphatic carbocycles. The highest BCUT2D eigenvalue weighted by Crippen LogP contribution is 2.34. The standard InChI is InChI=1S/C17H18F4N6O2/c18-15(19)29-12-5-10(7-23-14(12)22)11-6-13(26-1-3-28-4-2-26)25-16(24-11)27-8-17(20,21)9-27/h5-7,15H,1-4,8-9H2,(H2,22,23). The van der Waals surface area contributed by atoms with Crippen LogP contribution in [0.25, 0.3) is 11.3 Å². The minimum absolute atomic E-state index is 0.128. The number of hydrogen-bond donors (Lipinski definition) is 1. The molecule has 0 unspecified atom stereocenters. The van der Waals surface area contributed by atoms with Gasteiger partial charge in [-0.2, -0.15) is 13.8 Å². The maximum atomic E-state index is 13.3. The maximum Gasteiger partial charge on any atom is 0.387 e. The largest absolute Gasteiger partial charge is 0.431 e. The number of rotatable bonds is 5. The fourth-order valence-electron chi connectivity index (χ4n) is 3.10. The number of morpholine rings is 1. The summed E-state index contributed by atoms with van der Waals surface area (Å²) in [7, 11) is 0. The quantitative estimate of drug-likeness (QED) is 0.744. The molecule has 0 saturated carbocycles. The van der Waals surface area contributed by atoms with Crippen molar-refractivity contribution in [2.75, 3.05) is 54.9 Å². The molecule has 156 valence electrons. The van der Waals surface area contributed by atoms with E-state index in [1.807, 2.05) is 4.90 Å². The van der Waals surface area contributed by atoms with Crippen molar-refractivity contribution in [2.45, 2.75) is 12.5 Å². The third-order valence-corrected chi connectivity index (χ3v) is 4.56. The van der Waals surface area contributed by atoms with Crippen LogP contribution >= 0.6 is 0 Å². The lowest BCUT2D eigenvalue weighted by atomic mass is 10.1. The molecule has 2 saturated heterocycles. The molecule has 0 radical (unpaired) electrons. The van der Waals surface area contributed by atoms with Crippen LogP contribution in [0.1, 0.15) is 0 Å². The predicted octanol–water partition coefficient (Wildman–Crippen LogP) is 2.01. The minimum atomic E-state index is -3.07. The molecule has 2 fully saturated rings. The van der Waals surface area contributed by atoms with Crippen LogP contribution in [0.15, 0.2) is 18.3 Å². The summed E-state index contributed by atoms with van der Waals surface area (Å²) in [5.74, 6) is -2.63. The number of nitrogen functional groups attached to an aromatic ring is 1. The SMILES string of the molecule is Nc1ncc(-c2cc(N3CCOCC3)nc(N3CC(F)(F)C3)n2)cc1OC(F)F. The smallest absolute Gasteiger partial charge is 0.387 e. The van der Waals surface area contributed by atoms with E-state index in [0.717, 1.165) is 0 Å². The van der Waals surface area contributed by atoms with Crippen molar-refractivity contribution in [2.24, 2.45) is 0 Å². The van der Waals surface area contributed by atoms with Gasteiger partial charge < -0.3 is 25.0 Å². The first-order valence-electron chi connectivity index (χ1n) is 8.86. The third-order valence-electron chi connectivity index (χ3n) is 4.56. The van der Waals surface area contributed by atoms with Gasteiger partial charge in [0.15, 0.2) is 11.6 Å². The lowest BCUT2D eigenvalue weighted by molar-refractivity contribution is -0.0495. The first kappa shape index (κ1) is 19.4. The average molecular weight is 414 g/mol. The highest BCUT2D eigenvalue weighted by atomic mass is 19.3. The fraction of sp³-hybridized carbons (Fsp3) is 0.471. The molecule has 0 amide bonds. The Morgan fingerprint density at radius 2 is 1.83 bits per heavy atom. The second-order valence-electron chi connectivity index (χ2n) is 6.71. The average Bonchev–Trinajstić information content (AvgIpc) is 2.68. The van der Waals surface area contributed by atoms with Crippen LogP contribution in [-0.2, 0) is 4.74 Å². The Labute approximate surface area is 163 Å². The molecule has 2 aliphatic rings. The zero-order valence-corrected chi connectivity index (χ0v) is 15.2. The van der Waals surface area contributed by atoms with E-state index in [-0.39, 0.29) is 17.5 Å². The molecule has 2 N–H and O–H groups in total. The van der Waals surface area contributed by atoms with Crippen LogP contribution in [0.4, 0.5) is 35.1 Å². The molecule has 0 bridgehead atoms. The van der Waals surface area contributed by atoms with Gasteiger partial charge in [-0.1, -0.05) is 0 Å². The summed E-state index contributed by atoms with van der Waals surface area (Å²) in [6, 6.07) is 2.93. The molecule has 0 spiro atoms. The minimum Gasteiger partial charge on any atom is -0.431 e. The molecule has 8 nitrogen and oxygen atoms in total. The highest BCUT2D eigenvalue weighted by molar-refractivity contribution is 5.68. The van der Waals surface area contributed by atoms with Gasteiger partial charge in [0.05, 0.1) is 32.0 Å². The normalized spacial score (nSPS) is 18.7. The zero-order chi connectivity index (χ0) is 20.6. The van der Waals surface area contributed by atoms with Crippen LogP contribution in [0.3, 0.4) is 0 Å². The van der Waals surface area contributed by atoms with Crippen molar-refractivity contribution in [1.29, 1.82) is 0 Å². The maximum absolute atomic E-state index is 13.3. The Kier molecular flexibility index (Phi) is 5.03. The van der Waals surface area contributed by atoms with Gasteiger partial charge in [-0.3, -0.25) is 0 Å². The number of anilines is 3. The number of nitrogens with two attached hydrogens (primary N) is 1. The van der Waals surface area contributed by atoms with Crippen molar-refractivity contribution in [1.82, 2.24) is 15.0 Å². The number of alkyl halides is 4. The lowest BCUT2D eigenvalue weighted by Crippen LogP contribution is -2.57. The molecule has 2 aliphatic heterocycles. The Balaban J connectivity index is 1.72. The van der Waals surface area contributed by atoms with Crippen molar-refractivity contribution in [3.05, 3.63) is 18.3 Å². The molecule has 4 heterocycles. The second kappa shape index (κ2) is 7.50. The number of ether oxygens (including phenoxy) is 2. The zero-order valence-electron chi connectivity index (χ0n) is 15.2. The van der Waals surface area contributed by atoms with E-state index in [4.69, 9.17) is 10.5 Å². The Morgan fingerprint density at radius 1 is 1.10 bits per heavy atom. The molecule has 2 aromatic rings. The van der Waals surface area contributed by atoms with Gasteiger partial charge in [-0.05, 0) is 6.07 Å². The van der Waals surface area contributed by atoms with Crippen LogP contribution in [0.5, 0.6) is 5.75 Å². The van der Waals surface area contributed by atoms with Gasteiger partial charge >= 0.3 is 6.61 Å². The van der Waals surface area contributed by atoms with E-state index in [9.17, 15) is 17.6 Å². The molecule has 12 heteroatoms. The first-order chi connectivity index (χ1) is 13.8. The summed E-state index contributed by atoms with van der Waals surface area (Å²) in [5.41, 5.74) is 6.26. The number of halogens is 4. The van der Waals surface area contributed by atoms with E-state index in [0.29, 0.717) is 43.4 Å². The molecule has 0 atom stereocenters. The van der Waals surface area contributed by atoms with Gasteiger partial charge in [0, 0.05) is 30.9 Å². The third kappa shape index (κ3) is 4.26. The molecule has 29 heavy (non-hydrogen) atoms. The first-order valence-corrected chi connectivity index (χ1v) is 8.86. The van der Waals surface area contributed by atoms with Gasteiger partial charge in [-0.25, -0.2) is 18.7 Å². The number of nitrogens with zero attached hydrogens (tertiary/aromatic N) is 5. The van der Waals surface area contributed by atoms with Crippen LogP contribution in [0.2, 0.25) is 0 Å². The van der Waals surface area contributed by atoms with Crippen molar-refractivity contribution in [3.8, 4) is 17.0 Å². The Bertz CT molecular complexity index is 886. The van der Waals surface area contributed by atoms with Gasteiger partial charge in [0.25, 0.3) is 5.92 Å². The van der Waals surface area contributed by atoms with Crippen molar-refractivity contribution >= 4 is 17.6 Å². The molecular formula is C17H18F4N6O2. The predicted molar refractivity (Wildman–Crippen MR) is 96.5 cm³/mol. The molecule has 0 aromatic carbocycles. The molecule has 2 aromatic heterocycles. The molecule has 4 rings (SSSR count). The van der Waals surface area contributed by atoms with E-state index in [1.54, 1.807) is 6.07 Å². The summed E-state index contributed by atoms with van der Waals surface area (Å²) in [5, 5.41) is 0. The van der Waals surface area contributed by atoms with Crippen molar-refractivity contribution in [3.63, 3.8) is 0 Å². The lowest BCUT2D eigenvalue weighted by Gasteiger charge is -2.39. The summed E-state index contributed by atoms with van der Waals surface area (Å²) in [6.07, 6.45) is 1.35. The van der Waals surface area contributed by atoms with Gasteiger partial charge in [0.2, 0.25) is 5.95 Å². The van der Waals surface area contributed by atoms with Crippen molar-refractivity contribution < 1.29 is 27.0 Å². The highest BCUT2D eigenvalue weighted by Gasteiger charge is 2.45. The summed E-state index contributed by atoms with van der Waals surface area (Å²) >= 11 is 0. The fourth-order valence-corrected chi connectivity index (χ4v) is 3.10.